The number of anilines is 2. The van der Waals surface area contributed by atoms with E-state index in [0.29, 0.717) is 43.4 Å². The first-order valence-corrected chi connectivity index (χ1v) is 8.66. The molecule has 25 heavy (non-hydrogen) atoms. The molecule has 1 amide bonds. The Bertz CT molecular complexity index is 765. The van der Waals surface area contributed by atoms with E-state index in [1.165, 1.54) is 11.2 Å². The van der Waals surface area contributed by atoms with Gasteiger partial charge >= 0.3 is 6.09 Å². The summed E-state index contributed by atoms with van der Waals surface area (Å²) in [6, 6.07) is 3.68. The Hall–Kier alpha value is -2.42. The van der Waals surface area contributed by atoms with Crippen LogP contribution in [0.1, 0.15) is 18.4 Å². The Morgan fingerprint density at radius 3 is 2.76 bits per heavy atom. The normalized spacial score (nSPS) is 15.0. The first-order chi connectivity index (χ1) is 12.0. The average molecular weight is 408 g/mol. The predicted octanol–water partition coefficient (Wildman–Crippen LogP) is 3.21. The maximum atomic E-state index is 10.9. The SMILES string of the molecule is Cc1cc(Br)cnc1Nc1cc(OC2CCN(C(=O)O)CC2)ncn1. The molecule has 8 nitrogen and oxygen atoms in total. The molecule has 0 radical (unpaired) electrons. The highest BCUT2D eigenvalue weighted by molar-refractivity contribution is 9.10. The van der Waals surface area contributed by atoms with Crippen molar-refractivity contribution in [3.8, 4) is 5.88 Å². The second kappa shape index (κ2) is 7.64. The Labute approximate surface area is 153 Å². The Balaban J connectivity index is 1.63. The summed E-state index contributed by atoms with van der Waals surface area (Å²) >= 11 is 3.39. The molecule has 0 spiro atoms. The molecule has 0 unspecified atom stereocenters. The zero-order valence-corrected chi connectivity index (χ0v) is 15.2. The highest BCUT2D eigenvalue weighted by Gasteiger charge is 2.23. The molecule has 0 aromatic carbocycles. The summed E-state index contributed by atoms with van der Waals surface area (Å²) in [4.78, 5) is 25.0. The van der Waals surface area contributed by atoms with Crippen molar-refractivity contribution >= 4 is 33.7 Å². The third-order valence-corrected chi connectivity index (χ3v) is 4.37. The number of likely N-dealkylation sites (tertiary alicyclic amines) is 1. The maximum Gasteiger partial charge on any atom is 0.407 e. The first kappa shape index (κ1) is 17.4. The highest BCUT2D eigenvalue weighted by atomic mass is 79.9. The van der Waals surface area contributed by atoms with Gasteiger partial charge in [0.25, 0.3) is 0 Å². The molecule has 9 heteroatoms. The smallest absolute Gasteiger partial charge is 0.407 e. The Kier molecular flexibility index (Phi) is 5.32. The van der Waals surface area contributed by atoms with Crippen molar-refractivity contribution in [1.82, 2.24) is 19.9 Å². The molecule has 2 aromatic rings. The summed E-state index contributed by atoms with van der Waals surface area (Å²) in [5, 5.41) is 12.1. The number of halogens is 1. The Morgan fingerprint density at radius 2 is 2.08 bits per heavy atom. The van der Waals surface area contributed by atoms with Crippen LogP contribution in [0.2, 0.25) is 0 Å². The van der Waals surface area contributed by atoms with Crippen molar-refractivity contribution in [3.63, 3.8) is 0 Å². The Morgan fingerprint density at radius 1 is 1.32 bits per heavy atom. The van der Waals surface area contributed by atoms with Crippen LogP contribution in [0.5, 0.6) is 5.88 Å². The minimum atomic E-state index is -0.885. The van der Waals surface area contributed by atoms with Crippen molar-refractivity contribution in [3.05, 3.63) is 34.7 Å². The quantitative estimate of drug-likeness (QED) is 0.801. The molecule has 1 saturated heterocycles. The van der Waals surface area contributed by atoms with Crippen molar-refractivity contribution in [2.45, 2.75) is 25.9 Å². The van der Waals surface area contributed by atoms with Crippen LogP contribution in [0.4, 0.5) is 16.4 Å². The van der Waals surface area contributed by atoms with Gasteiger partial charge in [-0.1, -0.05) is 0 Å². The molecule has 2 N–H and O–H groups in total. The monoisotopic (exact) mass is 407 g/mol. The number of piperidine rings is 1. The van der Waals surface area contributed by atoms with Gasteiger partial charge in [0.2, 0.25) is 5.88 Å². The summed E-state index contributed by atoms with van der Waals surface area (Å²) in [6.07, 6.45) is 3.50. The number of amides is 1. The number of hydrogen-bond donors (Lipinski definition) is 2. The summed E-state index contributed by atoms with van der Waals surface area (Å²) in [6.45, 7) is 2.89. The van der Waals surface area contributed by atoms with E-state index in [9.17, 15) is 4.79 Å². The number of nitrogens with one attached hydrogen (secondary N) is 1. The fraction of sp³-hybridized carbons (Fsp3) is 0.375. The number of pyridine rings is 1. The highest BCUT2D eigenvalue weighted by Crippen LogP contribution is 2.23. The van der Waals surface area contributed by atoms with Gasteiger partial charge in [0, 0.05) is 42.7 Å². The first-order valence-electron chi connectivity index (χ1n) is 7.87. The minimum Gasteiger partial charge on any atom is -0.474 e. The lowest BCUT2D eigenvalue weighted by Gasteiger charge is -2.29. The number of rotatable bonds is 4. The lowest BCUT2D eigenvalue weighted by molar-refractivity contribution is 0.0870. The van der Waals surface area contributed by atoms with Crippen LogP contribution in [0.25, 0.3) is 0 Å². The summed E-state index contributed by atoms with van der Waals surface area (Å²) in [5.41, 5.74) is 0.983. The average Bonchev–Trinajstić information content (AvgIpc) is 2.58. The summed E-state index contributed by atoms with van der Waals surface area (Å²) in [5.74, 6) is 1.76. The molecular weight excluding hydrogens is 390 g/mol. The van der Waals surface area contributed by atoms with Crippen LogP contribution in [0.3, 0.4) is 0 Å². The number of ether oxygens (including phenoxy) is 1. The van der Waals surface area contributed by atoms with E-state index >= 15 is 0 Å². The van der Waals surface area contributed by atoms with Crippen LogP contribution in [0.15, 0.2) is 29.1 Å². The maximum absolute atomic E-state index is 10.9. The van der Waals surface area contributed by atoms with E-state index in [2.05, 4.69) is 36.2 Å². The number of aromatic nitrogens is 3. The molecule has 0 aliphatic carbocycles. The third kappa shape index (κ3) is 4.56. The second-order valence-corrected chi connectivity index (χ2v) is 6.69. The van der Waals surface area contributed by atoms with Gasteiger partial charge in [-0.2, -0.15) is 0 Å². The number of hydrogen-bond acceptors (Lipinski definition) is 6. The zero-order chi connectivity index (χ0) is 17.8. The number of aryl methyl sites for hydroxylation is 1. The molecule has 3 rings (SSSR count). The second-order valence-electron chi connectivity index (χ2n) is 5.77. The van der Waals surface area contributed by atoms with Crippen molar-refractivity contribution in [1.29, 1.82) is 0 Å². The van der Waals surface area contributed by atoms with Crippen LogP contribution in [-0.2, 0) is 0 Å². The fourth-order valence-corrected chi connectivity index (χ4v) is 3.05. The molecule has 1 aliphatic heterocycles. The third-order valence-electron chi connectivity index (χ3n) is 3.93. The molecule has 2 aromatic heterocycles. The van der Waals surface area contributed by atoms with Gasteiger partial charge in [0.05, 0.1) is 0 Å². The van der Waals surface area contributed by atoms with Gasteiger partial charge in [0.1, 0.15) is 24.1 Å². The molecule has 0 saturated carbocycles. The molecule has 1 aliphatic rings. The van der Waals surface area contributed by atoms with Gasteiger partial charge in [-0.25, -0.2) is 19.7 Å². The van der Waals surface area contributed by atoms with E-state index in [-0.39, 0.29) is 6.10 Å². The minimum absolute atomic E-state index is 0.0501. The predicted molar refractivity (Wildman–Crippen MR) is 95.2 cm³/mol. The van der Waals surface area contributed by atoms with Gasteiger partial charge in [-0.15, -0.1) is 0 Å². The van der Waals surface area contributed by atoms with E-state index < -0.39 is 6.09 Å². The standard InChI is InChI=1S/C16H18BrN5O3/c1-10-6-11(17)8-18-15(10)21-13-7-14(20-9-19-13)25-12-2-4-22(5-3-12)16(23)24/h6-9,12H,2-5H2,1H3,(H,23,24)(H,18,19,20,21). The molecule has 0 atom stereocenters. The lowest BCUT2D eigenvalue weighted by Crippen LogP contribution is -2.41. The van der Waals surface area contributed by atoms with Crippen molar-refractivity contribution < 1.29 is 14.6 Å². The fourth-order valence-electron chi connectivity index (χ4n) is 2.60. The van der Waals surface area contributed by atoms with Gasteiger partial charge in [-0.05, 0) is 34.5 Å². The van der Waals surface area contributed by atoms with Crippen LogP contribution < -0.4 is 10.1 Å². The van der Waals surface area contributed by atoms with Crippen LogP contribution in [0, 0.1) is 6.92 Å². The van der Waals surface area contributed by atoms with Crippen LogP contribution in [-0.4, -0.2) is 50.2 Å². The summed E-state index contributed by atoms with van der Waals surface area (Å²) in [7, 11) is 0. The molecule has 3 heterocycles. The molecule has 1 fully saturated rings. The topological polar surface area (TPSA) is 100 Å². The van der Waals surface area contributed by atoms with Crippen molar-refractivity contribution in [2.24, 2.45) is 0 Å². The van der Waals surface area contributed by atoms with E-state index in [4.69, 9.17) is 9.84 Å². The zero-order valence-electron chi connectivity index (χ0n) is 13.6. The lowest BCUT2D eigenvalue weighted by atomic mass is 10.1. The molecule has 0 bridgehead atoms. The summed E-state index contributed by atoms with van der Waals surface area (Å²) < 4.78 is 6.78. The van der Waals surface area contributed by atoms with Gasteiger partial charge < -0.3 is 20.1 Å². The van der Waals surface area contributed by atoms with Crippen molar-refractivity contribution in [2.75, 3.05) is 18.4 Å². The molecular formula is C16H18BrN5O3. The van der Waals surface area contributed by atoms with E-state index in [0.717, 1.165) is 10.0 Å². The number of nitrogens with zero attached hydrogens (tertiary/aromatic N) is 4. The number of carbonyl (C=O) groups is 1. The van der Waals surface area contributed by atoms with Crippen LogP contribution >= 0.6 is 15.9 Å². The molecule has 132 valence electrons. The van der Waals surface area contributed by atoms with E-state index in [1.54, 1.807) is 12.3 Å². The van der Waals surface area contributed by atoms with Gasteiger partial charge in [-0.3, -0.25) is 0 Å². The number of carboxylic acid groups (broad SMARTS) is 1. The largest absolute Gasteiger partial charge is 0.474 e. The van der Waals surface area contributed by atoms with Gasteiger partial charge in [0.15, 0.2) is 0 Å². The van der Waals surface area contributed by atoms with E-state index in [1.807, 2.05) is 13.0 Å².